The van der Waals surface area contributed by atoms with Gasteiger partial charge in [-0.2, -0.15) is 0 Å². The van der Waals surface area contributed by atoms with Crippen molar-refractivity contribution in [2.24, 2.45) is 0 Å². The van der Waals surface area contributed by atoms with Gasteiger partial charge in [0.1, 0.15) is 11.3 Å². The highest BCUT2D eigenvalue weighted by atomic mass is 19.1. The number of phenols is 2. The Labute approximate surface area is 118 Å². The van der Waals surface area contributed by atoms with E-state index in [0.29, 0.717) is 22.2 Å². The van der Waals surface area contributed by atoms with Gasteiger partial charge in [0.25, 0.3) is 0 Å². The number of halogens is 2. The SMILES string of the molecule is C=Cc1cc(O)cc2nc(-c3ccc(O)c(F)c3)oc12.F. The standard InChI is InChI=1S/C15H10FNO3.FH/c1-2-8-5-10(18)7-12-14(8)20-15(17-12)9-3-4-13(19)11(16)6-9;/h2-7,18-19H,1H2;1H. The van der Waals surface area contributed by atoms with Gasteiger partial charge in [-0.1, -0.05) is 12.7 Å². The van der Waals surface area contributed by atoms with Crippen LogP contribution >= 0.6 is 0 Å². The largest absolute Gasteiger partial charge is 0.508 e. The van der Waals surface area contributed by atoms with Crippen molar-refractivity contribution in [2.75, 3.05) is 0 Å². The van der Waals surface area contributed by atoms with Crippen LogP contribution in [0.3, 0.4) is 0 Å². The van der Waals surface area contributed by atoms with E-state index in [4.69, 9.17) is 4.42 Å². The molecular formula is C15H11F2NO3. The second-order valence-corrected chi connectivity index (χ2v) is 4.27. The highest BCUT2D eigenvalue weighted by Gasteiger charge is 2.13. The van der Waals surface area contributed by atoms with Gasteiger partial charge in [-0.15, -0.1) is 0 Å². The van der Waals surface area contributed by atoms with E-state index in [9.17, 15) is 14.6 Å². The molecule has 0 spiro atoms. The van der Waals surface area contributed by atoms with Gasteiger partial charge in [0.2, 0.25) is 5.89 Å². The van der Waals surface area contributed by atoms with Crippen LogP contribution in [0.15, 0.2) is 41.3 Å². The molecule has 0 bridgehead atoms. The molecule has 4 nitrogen and oxygen atoms in total. The third-order valence-corrected chi connectivity index (χ3v) is 2.92. The molecule has 0 aliphatic rings. The first-order valence-electron chi connectivity index (χ1n) is 5.83. The molecule has 1 aromatic heterocycles. The number of oxazole rings is 1. The van der Waals surface area contributed by atoms with Crippen LogP contribution in [0.1, 0.15) is 5.56 Å². The molecule has 3 rings (SSSR count). The van der Waals surface area contributed by atoms with Gasteiger partial charge in [0.15, 0.2) is 17.1 Å². The Kier molecular flexibility index (Phi) is 3.62. The molecule has 0 amide bonds. The fraction of sp³-hybridized carbons (Fsp3) is 0. The number of rotatable bonds is 2. The van der Waals surface area contributed by atoms with Gasteiger partial charge in [0, 0.05) is 17.2 Å². The van der Waals surface area contributed by atoms with Gasteiger partial charge in [-0.3, -0.25) is 4.70 Å². The molecular weight excluding hydrogens is 280 g/mol. The number of fused-ring (bicyclic) bond motifs is 1. The maximum Gasteiger partial charge on any atom is 0.227 e. The Balaban J connectivity index is 0.00000161. The zero-order valence-electron chi connectivity index (χ0n) is 10.7. The summed E-state index contributed by atoms with van der Waals surface area (Å²) in [7, 11) is 0. The van der Waals surface area contributed by atoms with Crippen molar-refractivity contribution in [3.05, 3.63) is 48.3 Å². The molecule has 2 aromatic carbocycles. The lowest BCUT2D eigenvalue weighted by Crippen LogP contribution is -1.80. The van der Waals surface area contributed by atoms with E-state index in [0.717, 1.165) is 6.07 Å². The van der Waals surface area contributed by atoms with Gasteiger partial charge in [-0.05, 0) is 24.3 Å². The normalized spacial score (nSPS) is 10.3. The van der Waals surface area contributed by atoms with Gasteiger partial charge >= 0.3 is 0 Å². The lowest BCUT2D eigenvalue weighted by Gasteiger charge is -1.97. The summed E-state index contributed by atoms with van der Waals surface area (Å²) >= 11 is 0. The fourth-order valence-electron chi connectivity index (χ4n) is 1.96. The third-order valence-electron chi connectivity index (χ3n) is 2.92. The summed E-state index contributed by atoms with van der Waals surface area (Å²) in [5, 5.41) is 18.8. The number of nitrogens with zero attached hydrogens (tertiary/aromatic N) is 1. The topological polar surface area (TPSA) is 66.5 Å². The van der Waals surface area contributed by atoms with E-state index < -0.39 is 11.6 Å². The minimum atomic E-state index is -0.753. The van der Waals surface area contributed by atoms with Crippen molar-refractivity contribution < 1.29 is 23.7 Å². The first-order valence-corrected chi connectivity index (χ1v) is 5.83. The van der Waals surface area contributed by atoms with Crippen molar-refractivity contribution in [1.82, 2.24) is 4.98 Å². The maximum atomic E-state index is 13.4. The third kappa shape index (κ3) is 2.43. The Morgan fingerprint density at radius 2 is 1.95 bits per heavy atom. The summed E-state index contributed by atoms with van der Waals surface area (Å²) in [4.78, 5) is 4.20. The van der Waals surface area contributed by atoms with E-state index >= 15 is 0 Å². The Morgan fingerprint density at radius 1 is 1.19 bits per heavy atom. The van der Waals surface area contributed by atoms with Gasteiger partial charge < -0.3 is 14.6 Å². The molecule has 0 aliphatic heterocycles. The van der Waals surface area contributed by atoms with Crippen LogP contribution < -0.4 is 0 Å². The van der Waals surface area contributed by atoms with Crippen molar-refractivity contribution >= 4 is 17.2 Å². The van der Waals surface area contributed by atoms with E-state index in [2.05, 4.69) is 11.6 Å². The smallest absolute Gasteiger partial charge is 0.227 e. The molecule has 0 saturated carbocycles. The van der Waals surface area contributed by atoms with Gasteiger partial charge in [-0.25, -0.2) is 9.37 Å². The van der Waals surface area contributed by atoms with Crippen LogP contribution in [0.25, 0.3) is 28.6 Å². The average Bonchev–Trinajstić information content (AvgIpc) is 2.84. The Hall–Kier alpha value is -2.89. The number of hydrogen-bond acceptors (Lipinski definition) is 4. The zero-order chi connectivity index (χ0) is 14.3. The summed E-state index contributed by atoms with van der Waals surface area (Å²) in [6.07, 6.45) is 1.54. The molecule has 0 aliphatic carbocycles. The Morgan fingerprint density at radius 3 is 2.62 bits per heavy atom. The minimum absolute atomic E-state index is 0. The molecule has 3 aromatic rings. The fourth-order valence-corrected chi connectivity index (χ4v) is 1.96. The number of benzene rings is 2. The van der Waals surface area contributed by atoms with Crippen LogP contribution in [0.5, 0.6) is 11.5 Å². The highest BCUT2D eigenvalue weighted by molar-refractivity contribution is 5.86. The number of aromatic hydroxyl groups is 2. The maximum absolute atomic E-state index is 13.4. The molecule has 0 radical (unpaired) electrons. The van der Waals surface area contributed by atoms with E-state index in [1.807, 2.05) is 0 Å². The number of hydrogen-bond donors (Lipinski definition) is 2. The summed E-state index contributed by atoms with van der Waals surface area (Å²) in [6.45, 7) is 3.64. The molecule has 108 valence electrons. The monoisotopic (exact) mass is 291 g/mol. The molecule has 21 heavy (non-hydrogen) atoms. The van der Waals surface area contributed by atoms with Crippen LogP contribution in [0, 0.1) is 5.82 Å². The van der Waals surface area contributed by atoms with Crippen LogP contribution in [0.2, 0.25) is 0 Å². The first-order chi connectivity index (χ1) is 9.58. The zero-order valence-corrected chi connectivity index (χ0v) is 10.7. The predicted octanol–water partition coefficient (Wildman–Crippen LogP) is 3.84. The average molecular weight is 291 g/mol. The molecule has 1 heterocycles. The summed E-state index contributed by atoms with van der Waals surface area (Å²) in [5.74, 6) is -0.942. The number of aromatic nitrogens is 1. The van der Waals surface area contributed by atoms with Crippen molar-refractivity contribution in [2.45, 2.75) is 0 Å². The second kappa shape index (κ2) is 5.24. The molecule has 0 fully saturated rings. The summed E-state index contributed by atoms with van der Waals surface area (Å²) in [5.41, 5.74) is 1.90. The quantitative estimate of drug-likeness (QED) is 0.752. The minimum Gasteiger partial charge on any atom is -0.508 e. The van der Waals surface area contributed by atoms with Crippen LogP contribution in [0.4, 0.5) is 9.09 Å². The van der Waals surface area contributed by atoms with E-state index in [1.54, 1.807) is 0 Å². The lowest BCUT2D eigenvalue weighted by molar-refractivity contribution is 0.432. The van der Waals surface area contributed by atoms with Crippen molar-refractivity contribution in [3.8, 4) is 23.0 Å². The molecule has 0 saturated heterocycles. The van der Waals surface area contributed by atoms with Crippen molar-refractivity contribution in [3.63, 3.8) is 0 Å². The molecule has 2 N–H and O–H groups in total. The van der Waals surface area contributed by atoms with E-state index in [1.165, 1.54) is 30.3 Å². The molecule has 0 atom stereocenters. The lowest BCUT2D eigenvalue weighted by atomic mass is 10.2. The van der Waals surface area contributed by atoms with Crippen LogP contribution in [-0.4, -0.2) is 15.2 Å². The number of phenolic OH excluding ortho intramolecular Hbond substituents is 2. The van der Waals surface area contributed by atoms with Gasteiger partial charge in [0.05, 0.1) is 0 Å². The predicted molar refractivity (Wildman–Crippen MR) is 75.3 cm³/mol. The first kappa shape index (κ1) is 14.5. The van der Waals surface area contributed by atoms with Crippen LogP contribution in [-0.2, 0) is 0 Å². The Bertz CT molecular complexity index is 827. The molecule has 0 unspecified atom stereocenters. The second-order valence-electron chi connectivity index (χ2n) is 4.27. The van der Waals surface area contributed by atoms with Crippen molar-refractivity contribution in [1.29, 1.82) is 0 Å². The summed E-state index contributed by atoms with van der Waals surface area (Å²) in [6, 6.07) is 6.81. The van der Waals surface area contributed by atoms with E-state index in [-0.39, 0.29) is 16.3 Å². The highest BCUT2D eigenvalue weighted by Crippen LogP contribution is 2.31. The molecule has 6 heteroatoms. The summed E-state index contributed by atoms with van der Waals surface area (Å²) < 4.78 is 18.9.